The molecule has 176 valence electrons. The lowest BCUT2D eigenvalue weighted by atomic mass is 10.1. The van der Waals surface area contributed by atoms with E-state index < -0.39 is 0 Å². The van der Waals surface area contributed by atoms with Gasteiger partial charge in [-0.25, -0.2) is 4.99 Å². The number of benzene rings is 2. The average Bonchev–Trinajstić information content (AvgIpc) is 3.20. The first-order chi connectivity index (χ1) is 16.1. The van der Waals surface area contributed by atoms with Crippen molar-refractivity contribution in [3.05, 3.63) is 86.1 Å². The molecule has 1 amide bonds. The van der Waals surface area contributed by atoms with Crippen LogP contribution in [0.3, 0.4) is 0 Å². The number of nitrogens with zero attached hydrogens (tertiary/aromatic N) is 3. The molecule has 1 saturated heterocycles. The van der Waals surface area contributed by atoms with E-state index in [1.54, 1.807) is 11.9 Å². The molecule has 0 saturated carbocycles. The molecule has 2 aromatic carbocycles. The number of likely N-dealkylation sites (N-methyl/N-ethyl adjacent to an activating group) is 1. The van der Waals surface area contributed by atoms with Crippen molar-refractivity contribution in [2.75, 3.05) is 7.05 Å². The highest BCUT2D eigenvalue weighted by molar-refractivity contribution is 8.18. The number of carbonyl (C=O) groups is 1. The van der Waals surface area contributed by atoms with Crippen LogP contribution in [0.5, 0.6) is 0 Å². The third-order valence-electron chi connectivity index (χ3n) is 6.53. The fourth-order valence-corrected chi connectivity index (χ4v) is 5.80. The Balaban J connectivity index is 1.74. The molecule has 0 bridgehead atoms. The molecule has 0 radical (unpaired) electrons. The number of carbonyl (C=O) groups excluding carboxylic acids is 1. The molecule has 4 nitrogen and oxygen atoms in total. The molecule has 0 unspecified atom stereocenters. The van der Waals surface area contributed by atoms with Crippen molar-refractivity contribution < 1.29 is 4.79 Å². The summed E-state index contributed by atoms with van der Waals surface area (Å²) in [5.41, 5.74) is 11.6. The molecule has 0 aliphatic carbocycles. The van der Waals surface area contributed by atoms with Gasteiger partial charge in [-0.1, -0.05) is 42.8 Å². The molecule has 0 spiro atoms. The molecule has 0 atom stereocenters. The van der Waals surface area contributed by atoms with E-state index in [4.69, 9.17) is 4.99 Å². The third kappa shape index (κ3) is 4.25. The van der Waals surface area contributed by atoms with Gasteiger partial charge in [0, 0.05) is 18.4 Å². The average molecular weight is 472 g/mol. The zero-order chi connectivity index (χ0) is 24.7. The minimum absolute atomic E-state index is 0.0129. The highest BCUT2D eigenvalue weighted by Crippen LogP contribution is 2.36. The topological polar surface area (TPSA) is 37.6 Å². The summed E-state index contributed by atoms with van der Waals surface area (Å²) in [4.78, 5) is 20.4. The predicted octanol–water partition coefficient (Wildman–Crippen LogP) is 7.12. The highest BCUT2D eigenvalue weighted by atomic mass is 32.2. The van der Waals surface area contributed by atoms with Crippen LogP contribution in [0.15, 0.2) is 46.3 Å². The van der Waals surface area contributed by atoms with Crippen molar-refractivity contribution in [3.8, 4) is 5.69 Å². The second kappa shape index (κ2) is 9.30. The molecule has 1 aliphatic heterocycles. The Morgan fingerprint density at radius 1 is 0.971 bits per heavy atom. The first kappa shape index (κ1) is 24.1. The Morgan fingerprint density at radius 2 is 1.65 bits per heavy atom. The monoisotopic (exact) mass is 471 g/mol. The molecule has 1 fully saturated rings. The van der Waals surface area contributed by atoms with Crippen LogP contribution in [0.4, 0.5) is 5.69 Å². The van der Waals surface area contributed by atoms with Gasteiger partial charge in [0.25, 0.3) is 5.91 Å². The van der Waals surface area contributed by atoms with E-state index in [9.17, 15) is 4.79 Å². The number of hydrogen-bond donors (Lipinski definition) is 0. The molecule has 34 heavy (non-hydrogen) atoms. The van der Waals surface area contributed by atoms with Gasteiger partial charge in [-0.15, -0.1) is 0 Å². The van der Waals surface area contributed by atoms with Crippen LogP contribution in [0, 0.1) is 41.5 Å². The zero-order valence-electron chi connectivity index (χ0n) is 21.4. The minimum Gasteiger partial charge on any atom is -0.317 e. The Labute approximate surface area is 207 Å². The van der Waals surface area contributed by atoms with Crippen LogP contribution in [0.2, 0.25) is 0 Å². The van der Waals surface area contributed by atoms with Crippen LogP contribution < -0.4 is 0 Å². The number of thioether (sulfide) groups is 1. The standard InChI is InChI=1S/C29H33N3OS/c1-9-23-12-10-11-18(3)27(23)32-21(6)15-24(22(32)7)16-25-28(33)31(8)29(34-25)30-26-19(4)13-17(2)14-20(26)5/h10-16H,9H2,1-8H3/b25-16-,30-29?. The lowest BCUT2D eigenvalue weighted by Gasteiger charge is -2.17. The smallest absolute Gasteiger partial charge is 0.266 e. The maximum atomic E-state index is 13.1. The number of amidine groups is 1. The first-order valence-corrected chi connectivity index (χ1v) is 12.6. The number of rotatable bonds is 4. The van der Waals surface area contributed by atoms with Gasteiger partial charge >= 0.3 is 0 Å². The maximum absolute atomic E-state index is 13.1. The van der Waals surface area contributed by atoms with E-state index >= 15 is 0 Å². The molecule has 1 aliphatic rings. The second-order valence-corrected chi connectivity index (χ2v) is 10.2. The Bertz CT molecular complexity index is 1340. The quantitative estimate of drug-likeness (QED) is 0.380. The van der Waals surface area contributed by atoms with E-state index in [0.29, 0.717) is 10.1 Å². The summed E-state index contributed by atoms with van der Waals surface area (Å²) in [6.07, 6.45) is 2.99. The summed E-state index contributed by atoms with van der Waals surface area (Å²) in [5, 5.41) is 0.715. The number of para-hydroxylation sites is 1. The van der Waals surface area contributed by atoms with Crippen molar-refractivity contribution in [1.82, 2.24) is 9.47 Å². The summed E-state index contributed by atoms with van der Waals surface area (Å²) < 4.78 is 2.32. The fourth-order valence-electron chi connectivity index (χ4n) is 4.84. The second-order valence-electron chi connectivity index (χ2n) is 9.21. The largest absolute Gasteiger partial charge is 0.317 e. The Morgan fingerprint density at radius 3 is 2.29 bits per heavy atom. The molecule has 2 heterocycles. The summed E-state index contributed by atoms with van der Waals surface area (Å²) >= 11 is 1.45. The van der Waals surface area contributed by atoms with Gasteiger partial charge in [0.15, 0.2) is 5.17 Å². The van der Waals surface area contributed by atoms with Crippen molar-refractivity contribution in [3.63, 3.8) is 0 Å². The number of aryl methyl sites for hydroxylation is 6. The van der Waals surface area contributed by atoms with Crippen LogP contribution in [0.1, 0.15) is 51.7 Å². The van der Waals surface area contributed by atoms with Gasteiger partial charge in [0.2, 0.25) is 0 Å². The Hall–Kier alpha value is -3.05. The fraction of sp³-hybridized carbons (Fsp3) is 0.310. The third-order valence-corrected chi connectivity index (χ3v) is 7.59. The van der Waals surface area contributed by atoms with Gasteiger partial charge in [-0.05, 0) is 99.7 Å². The molecular formula is C29H33N3OS. The van der Waals surface area contributed by atoms with Gasteiger partial charge in [-0.2, -0.15) is 0 Å². The van der Waals surface area contributed by atoms with Gasteiger partial charge in [-0.3, -0.25) is 9.69 Å². The lowest BCUT2D eigenvalue weighted by Crippen LogP contribution is -2.23. The summed E-state index contributed by atoms with van der Waals surface area (Å²) in [6, 6.07) is 12.9. The van der Waals surface area contributed by atoms with Crippen LogP contribution >= 0.6 is 11.8 Å². The molecule has 4 rings (SSSR count). The lowest BCUT2D eigenvalue weighted by molar-refractivity contribution is -0.121. The van der Waals surface area contributed by atoms with E-state index in [1.807, 2.05) is 6.08 Å². The predicted molar refractivity (Wildman–Crippen MR) is 145 cm³/mol. The highest BCUT2D eigenvalue weighted by Gasteiger charge is 2.31. The first-order valence-electron chi connectivity index (χ1n) is 11.7. The number of aliphatic imine (C=N–C) groups is 1. The SMILES string of the molecule is CCc1cccc(C)c1-n1c(C)cc(/C=C2\SC(=Nc3c(C)cc(C)cc3C)N(C)C2=O)c1C. The van der Waals surface area contributed by atoms with Crippen LogP contribution in [-0.2, 0) is 11.2 Å². The summed E-state index contributed by atoms with van der Waals surface area (Å²) in [6.45, 7) is 14.9. The van der Waals surface area contributed by atoms with Crippen molar-refractivity contribution in [2.24, 2.45) is 4.99 Å². The van der Waals surface area contributed by atoms with E-state index in [2.05, 4.69) is 89.4 Å². The number of hydrogen-bond acceptors (Lipinski definition) is 3. The zero-order valence-corrected chi connectivity index (χ0v) is 22.2. The molecule has 1 aromatic heterocycles. The Kier molecular flexibility index (Phi) is 6.59. The number of aromatic nitrogens is 1. The van der Waals surface area contributed by atoms with Crippen molar-refractivity contribution >= 4 is 34.6 Å². The molecular weight excluding hydrogens is 438 g/mol. The van der Waals surface area contributed by atoms with Gasteiger partial charge in [0.05, 0.1) is 16.3 Å². The molecule has 5 heteroatoms. The van der Waals surface area contributed by atoms with E-state index in [0.717, 1.165) is 40.2 Å². The summed E-state index contributed by atoms with van der Waals surface area (Å²) in [7, 11) is 1.80. The van der Waals surface area contributed by atoms with Gasteiger partial charge in [0.1, 0.15) is 0 Å². The summed E-state index contributed by atoms with van der Waals surface area (Å²) in [5.74, 6) is -0.0129. The molecule has 3 aromatic rings. The maximum Gasteiger partial charge on any atom is 0.266 e. The normalized spacial score (nSPS) is 16.4. The van der Waals surface area contributed by atoms with E-state index in [1.165, 1.54) is 34.1 Å². The van der Waals surface area contributed by atoms with Crippen molar-refractivity contribution in [2.45, 2.75) is 54.9 Å². The van der Waals surface area contributed by atoms with Crippen molar-refractivity contribution in [1.29, 1.82) is 0 Å². The van der Waals surface area contributed by atoms with Gasteiger partial charge < -0.3 is 4.57 Å². The van der Waals surface area contributed by atoms with Crippen LogP contribution in [-0.4, -0.2) is 27.6 Å². The number of amides is 1. The molecule has 0 N–H and O–H groups in total. The van der Waals surface area contributed by atoms with Crippen LogP contribution in [0.25, 0.3) is 11.8 Å². The van der Waals surface area contributed by atoms with E-state index in [-0.39, 0.29) is 5.91 Å². The minimum atomic E-state index is -0.0129.